The predicted molar refractivity (Wildman–Crippen MR) is 94.8 cm³/mol. The lowest BCUT2D eigenvalue weighted by molar-refractivity contribution is -0.132. The molecule has 0 unspecified atom stereocenters. The number of carbonyl (C=O) groups is 1. The van der Waals surface area contributed by atoms with Crippen molar-refractivity contribution in [2.75, 3.05) is 38.5 Å². The number of likely N-dealkylation sites (N-methyl/N-ethyl adjacent to an activating group) is 1. The van der Waals surface area contributed by atoms with Crippen molar-refractivity contribution in [2.45, 2.75) is 13.0 Å². The van der Waals surface area contributed by atoms with E-state index in [1.807, 2.05) is 40.9 Å². The highest BCUT2D eigenvalue weighted by molar-refractivity contribution is 5.79. The van der Waals surface area contributed by atoms with Crippen molar-refractivity contribution < 1.29 is 4.79 Å². The fraction of sp³-hybridized carbons (Fsp3) is 0.444. The number of rotatable bonds is 5. The molecule has 6 nitrogen and oxygen atoms in total. The summed E-state index contributed by atoms with van der Waals surface area (Å²) in [5.41, 5.74) is 3.06. The molecule has 0 bridgehead atoms. The highest BCUT2D eigenvalue weighted by Gasteiger charge is 2.19. The third kappa shape index (κ3) is 4.35. The minimum Gasteiger partial charge on any atom is -0.379 e. The van der Waals surface area contributed by atoms with Crippen LogP contribution >= 0.6 is 0 Å². The van der Waals surface area contributed by atoms with E-state index in [4.69, 9.17) is 0 Å². The van der Waals surface area contributed by atoms with Gasteiger partial charge in [0.15, 0.2) is 0 Å². The van der Waals surface area contributed by atoms with Crippen LogP contribution in [0.3, 0.4) is 0 Å². The Morgan fingerprint density at radius 3 is 2.71 bits per heavy atom. The maximum Gasteiger partial charge on any atom is 0.227 e. The van der Waals surface area contributed by atoms with E-state index in [9.17, 15) is 4.79 Å². The van der Waals surface area contributed by atoms with Gasteiger partial charge in [-0.2, -0.15) is 0 Å². The molecule has 1 aliphatic rings. The maximum absolute atomic E-state index is 12.4. The van der Waals surface area contributed by atoms with Crippen molar-refractivity contribution in [3.05, 3.63) is 48.0 Å². The molecule has 0 atom stereocenters. The number of aryl methyl sites for hydroxylation is 1. The zero-order valence-corrected chi connectivity index (χ0v) is 14.4. The Hall–Kier alpha value is -2.34. The normalized spacial score (nSPS) is 15.5. The van der Waals surface area contributed by atoms with Gasteiger partial charge in [-0.1, -0.05) is 12.1 Å². The number of nitrogens with one attached hydrogen (secondary N) is 1. The van der Waals surface area contributed by atoms with E-state index < -0.39 is 0 Å². The molecule has 128 valence electrons. The highest BCUT2D eigenvalue weighted by atomic mass is 16.2. The second-order valence-corrected chi connectivity index (χ2v) is 6.45. The molecule has 0 spiro atoms. The van der Waals surface area contributed by atoms with Crippen molar-refractivity contribution in [3.8, 4) is 0 Å². The summed E-state index contributed by atoms with van der Waals surface area (Å²) in [4.78, 5) is 21.0. The van der Waals surface area contributed by atoms with Gasteiger partial charge < -0.3 is 19.7 Å². The number of anilines is 1. The summed E-state index contributed by atoms with van der Waals surface area (Å²) in [6.07, 6.45) is 4.25. The summed E-state index contributed by atoms with van der Waals surface area (Å²) in [6.45, 7) is 4.24. The molecule has 1 saturated heterocycles. The third-order valence-electron chi connectivity index (χ3n) is 4.37. The summed E-state index contributed by atoms with van der Waals surface area (Å²) < 4.78 is 1.93. The van der Waals surface area contributed by atoms with Gasteiger partial charge in [0.2, 0.25) is 5.91 Å². The minimum atomic E-state index is 0.213. The number of hydrogen-bond acceptors (Lipinski definition) is 4. The lowest BCUT2D eigenvalue weighted by atomic mass is 10.1. The number of benzene rings is 1. The second-order valence-electron chi connectivity index (χ2n) is 6.45. The summed E-state index contributed by atoms with van der Waals surface area (Å²) in [7, 11) is 4.06. The smallest absolute Gasteiger partial charge is 0.227 e. The van der Waals surface area contributed by atoms with Crippen LogP contribution in [-0.2, 0) is 24.8 Å². The van der Waals surface area contributed by atoms with E-state index in [1.54, 1.807) is 6.33 Å². The Morgan fingerprint density at radius 1 is 1.21 bits per heavy atom. The van der Waals surface area contributed by atoms with Crippen molar-refractivity contribution >= 4 is 11.6 Å². The molecule has 0 saturated carbocycles. The number of carbonyl (C=O) groups excluding carboxylic acids is 1. The highest BCUT2D eigenvalue weighted by Crippen LogP contribution is 2.14. The van der Waals surface area contributed by atoms with E-state index >= 15 is 0 Å². The molecule has 2 heterocycles. The van der Waals surface area contributed by atoms with Crippen LogP contribution in [0.1, 0.15) is 11.3 Å². The quantitative estimate of drug-likeness (QED) is 0.901. The first kappa shape index (κ1) is 16.5. The Kier molecular flexibility index (Phi) is 5.15. The first-order valence-corrected chi connectivity index (χ1v) is 8.36. The summed E-state index contributed by atoms with van der Waals surface area (Å²) in [5, 5.41) is 3.37. The third-order valence-corrected chi connectivity index (χ3v) is 4.37. The minimum absolute atomic E-state index is 0.213. The average Bonchev–Trinajstić information content (AvgIpc) is 2.99. The molecule has 0 radical (unpaired) electrons. The van der Waals surface area contributed by atoms with Gasteiger partial charge >= 0.3 is 0 Å². The molecule has 6 heteroatoms. The van der Waals surface area contributed by atoms with Crippen molar-refractivity contribution in [3.63, 3.8) is 0 Å². The first-order valence-electron chi connectivity index (χ1n) is 8.36. The van der Waals surface area contributed by atoms with Crippen LogP contribution in [0.2, 0.25) is 0 Å². The Morgan fingerprint density at radius 2 is 2.00 bits per heavy atom. The molecular weight excluding hydrogens is 302 g/mol. The van der Waals surface area contributed by atoms with Gasteiger partial charge in [-0.3, -0.25) is 4.79 Å². The fourth-order valence-corrected chi connectivity index (χ4v) is 2.88. The average molecular weight is 327 g/mol. The molecule has 24 heavy (non-hydrogen) atoms. The van der Waals surface area contributed by atoms with Crippen LogP contribution in [0, 0.1) is 0 Å². The van der Waals surface area contributed by atoms with Crippen molar-refractivity contribution in [1.82, 2.24) is 19.4 Å². The molecule has 0 aliphatic carbocycles. The number of nitrogens with zero attached hydrogens (tertiary/aromatic N) is 4. The topological polar surface area (TPSA) is 53.4 Å². The SMILES string of the molecule is CN1CCN(C(=O)Cc2cccc(NCc3cn(C)cn3)c2)CC1. The lowest BCUT2D eigenvalue weighted by Crippen LogP contribution is -2.47. The molecule has 3 rings (SSSR count). The molecule has 1 aromatic carbocycles. The fourth-order valence-electron chi connectivity index (χ4n) is 2.88. The van der Waals surface area contributed by atoms with Gasteiger partial charge in [0.1, 0.15) is 0 Å². The molecular formula is C18H25N5O. The molecule has 1 aromatic heterocycles. The van der Waals surface area contributed by atoms with Crippen LogP contribution in [0.15, 0.2) is 36.8 Å². The van der Waals surface area contributed by atoms with E-state index in [2.05, 4.69) is 28.3 Å². The second kappa shape index (κ2) is 7.49. The zero-order chi connectivity index (χ0) is 16.9. The standard InChI is InChI=1S/C18H25N5O/c1-21-6-8-23(9-7-21)18(24)11-15-4-3-5-16(10-15)19-12-17-13-22(2)14-20-17/h3-5,10,13-14,19H,6-9,11-12H2,1-2H3. The molecule has 2 aromatic rings. The van der Waals surface area contributed by atoms with Crippen LogP contribution in [0.25, 0.3) is 0 Å². The largest absolute Gasteiger partial charge is 0.379 e. The molecule has 1 aliphatic heterocycles. The van der Waals surface area contributed by atoms with Gasteiger partial charge in [0, 0.05) is 45.1 Å². The van der Waals surface area contributed by atoms with Gasteiger partial charge in [0.05, 0.1) is 25.0 Å². The Bertz CT molecular complexity index is 688. The molecule has 1 fully saturated rings. The first-order chi connectivity index (χ1) is 11.6. The van der Waals surface area contributed by atoms with E-state index in [1.165, 1.54) is 0 Å². The van der Waals surface area contributed by atoms with Crippen molar-refractivity contribution in [2.24, 2.45) is 7.05 Å². The number of hydrogen-bond donors (Lipinski definition) is 1. The van der Waals surface area contributed by atoms with E-state index in [0.29, 0.717) is 13.0 Å². The van der Waals surface area contributed by atoms with Crippen molar-refractivity contribution in [1.29, 1.82) is 0 Å². The Balaban J connectivity index is 1.55. The maximum atomic E-state index is 12.4. The van der Waals surface area contributed by atoms with Gasteiger partial charge in [-0.15, -0.1) is 0 Å². The number of aromatic nitrogens is 2. The summed E-state index contributed by atoms with van der Waals surface area (Å²) in [5.74, 6) is 0.213. The predicted octanol–water partition coefficient (Wildman–Crippen LogP) is 1.35. The van der Waals surface area contributed by atoms with Crippen LogP contribution < -0.4 is 5.32 Å². The monoisotopic (exact) mass is 327 g/mol. The van der Waals surface area contributed by atoms with Gasteiger partial charge in [-0.25, -0.2) is 4.98 Å². The van der Waals surface area contributed by atoms with E-state index in [-0.39, 0.29) is 5.91 Å². The van der Waals surface area contributed by atoms with E-state index in [0.717, 1.165) is 43.1 Å². The summed E-state index contributed by atoms with van der Waals surface area (Å²) >= 11 is 0. The van der Waals surface area contributed by atoms with Crippen LogP contribution in [0.5, 0.6) is 0 Å². The zero-order valence-electron chi connectivity index (χ0n) is 14.4. The lowest BCUT2D eigenvalue weighted by Gasteiger charge is -2.32. The van der Waals surface area contributed by atoms with Crippen LogP contribution in [0.4, 0.5) is 5.69 Å². The number of piperazine rings is 1. The Labute approximate surface area is 143 Å². The molecule has 1 amide bonds. The molecule has 1 N–H and O–H groups in total. The summed E-state index contributed by atoms with van der Waals surface area (Å²) in [6, 6.07) is 8.08. The van der Waals surface area contributed by atoms with Crippen LogP contribution in [-0.4, -0.2) is 58.5 Å². The van der Waals surface area contributed by atoms with Gasteiger partial charge in [-0.05, 0) is 24.7 Å². The van der Waals surface area contributed by atoms with Gasteiger partial charge in [0.25, 0.3) is 0 Å². The number of imidazole rings is 1. The number of amides is 1.